The quantitative estimate of drug-likeness (QED) is 0.309. The average Bonchev–Trinajstić information content (AvgIpc) is 2.85. The Balaban J connectivity index is 1.50. The van der Waals surface area contributed by atoms with Crippen LogP contribution in [0.15, 0.2) is 101 Å². The van der Waals surface area contributed by atoms with Crippen LogP contribution in [-0.4, -0.2) is 24.2 Å². The number of rotatable bonds is 6. The third-order valence-electron chi connectivity index (χ3n) is 5.18. The lowest BCUT2D eigenvalue weighted by Crippen LogP contribution is -2.14. The molecule has 1 amide bonds. The summed E-state index contributed by atoms with van der Waals surface area (Å²) < 4.78 is 25.6. The molecule has 1 N–H and O–H groups in total. The van der Waals surface area contributed by atoms with Gasteiger partial charge in [-0.3, -0.25) is 19.9 Å². The lowest BCUT2D eigenvalue weighted by Gasteiger charge is -2.10. The van der Waals surface area contributed by atoms with Crippen molar-refractivity contribution < 1.29 is 18.1 Å². The predicted molar refractivity (Wildman–Crippen MR) is 127 cm³/mol. The molecule has 8 nitrogen and oxygen atoms in total. The summed E-state index contributed by atoms with van der Waals surface area (Å²) in [6, 6.07) is 23.5. The van der Waals surface area contributed by atoms with Crippen LogP contribution in [0.2, 0.25) is 0 Å². The number of nitrogens with one attached hydrogen (secondary N) is 1. The summed E-state index contributed by atoms with van der Waals surface area (Å²) in [6.45, 7) is 1.75. The highest BCUT2D eigenvalue weighted by Gasteiger charge is 2.19. The molecular formula is C25H19N3O5S. The summed E-state index contributed by atoms with van der Waals surface area (Å²) in [6.07, 6.45) is 0. The highest BCUT2D eigenvalue weighted by atomic mass is 32.2. The Kier molecular flexibility index (Phi) is 6.20. The molecule has 0 aliphatic carbocycles. The van der Waals surface area contributed by atoms with Crippen LogP contribution in [-0.2, 0) is 9.84 Å². The monoisotopic (exact) mass is 473 g/mol. The second-order valence-corrected chi connectivity index (χ2v) is 9.38. The highest BCUT2D eigenvalue weighted by molar-refractivity contribution is 7.91. The van der Waals surface area contributed by atoms with Gasteiger partial charge in [0, 0.05) is 23.4 Å². The Bertz CT molecular complexity index is 1470. The van der Waals surface area contributed by atoms with Crippen molar-refractivity contribution in [1.29, 1.82) is 0 Å². The molecule has 0 spiro atoms. The summed E-state index contributed by atoms with van der Waals surface area (Å²) >= 11 is 0. The third-order valence-corrected chi connectivity index (χ3v) is 6.97. The molecule has 0 fully saturated rings. The fraction of sp³-hybridized carbons (Fsp3) is 0.0400. The number of nitrogens with zero attached hydrogens (tertiary/aromatic N) is 2. The zero-order chi connectivity index (χ0) is 24.3. The Morgan fingerprint density at radius 3 is 2.00 bits per heavy atom. The number of benzene rings is 3. The highest BCUT2D eigenvalue weighted by Crippen LogP contribution is 2.25. The Labute approximate surface area is 196 Å². The van der Waals surface area contributed by atoms with Gasteiger partial charge in [0.15, 0.2) is 0 Å². The number of anilines is 1. The number of hydrogen-bond donors (Lipinski definition) is 1. The molecule has 34 heavy (non-hydrogen) atoms. The van der Waals surface area contributed by atoms with Crippen molar-refractivity contribution >= 4 is 27.1 Å². The number of nitro benzene ring substituents is 1. The molecule has 0 aliphatic heterocycles. The molecule has 0 saturated heterocycles. The van der Waals surface area contributed by atoms with Gasteiger partial charge in [-0.05, 0) is 55.5 Å². The van der Waals surface area contributed by atoms with Crippen molar-refractivity contribution in [3.05, 3.63) is 112 Å². The molecule has 0 atom stereocenters. The first-order chi connectivity index (χ1) is 16.3. The summed E-state index contributed by atoms with van der Waals surface area (Å²) in [5.74, 6) is -0.365. The lowest BCUT2D eigenvalue weighted by atomic mass is 10.1. The number of carbonyl (C=O) groups excluding carboxylic acids is 1. The lowest BCUT2D eigenvalue weighted by molar-refractivity contribution is -0.384. The zero-order valence-corrected chi connectivity index (χ0v) is 18.8. The largest absolute Gasteiger partial charge is 0.322 e. The second-order valence-electron chi connectivity index (χ2n) is 7.43. The first-order valence-electron chi connectivity index (χ1n) is 10.2. The maximum Gasteiger partial charge on any atom is 0.269 e. The number of nitro groups is 1. The number of sulfone groups is 1. The van der Waals surface area contributed by atoms with E-state index in [9.17, 15) is 23.3 Å². The summed E-state index contributed by atoms with van der Waals surface area (Å²) in [5, 5.41) is 13.5. The number of aromatic nitrogens is 1. The Morgan fingerprint density at radius 2 is 1.44 bits per heavy atom. The molecule has 1 heterocycles. The molecule has 1 aromatic heterocycles. The minimum atomic E-state index is -3.86. The standard InChI is InChI=1S/C25H19N3O5S/c1-17-23(15-16-24(26-17)18-5-3-2-4-6-18)25(29)27-19-7-11-21(12-8-19)34(32,33)22-13-9-20(10-14-22)28(30)31/h2-16H,1H3,(H,27,29). The maximum absolute atomic E-state index is 12.8. The van der Waals surface area contributed by atoms with Gasteiger partial charge in [-0.1, -0.05) is 30.3 Å². The van der Waals surface area contributed by atoms with E-state index in [1.54, 1.807) is 19.1 Å². The number of amides is 1. The minimum absolute atomic E-state index is 0.00409. The van der Waals surface area contributed by atoms with E-state index < -0.39 is 14.8 Å². The molecular weight excluding hydrogens is 454 g/mol. The van der Waals surface area contributed by atoms with Crippen molar-refractivity contribution in [2.24, 2.45) is 0 Å². The van der Waals surface area contributed by atoms with Crippen LogP contribution >= 0.6 is 0 Å². The Morgan fingerprint density at radius 1 is 0.853 bits per heavy atom. The second kappa shape index (κ2) is 9.24. The molecule has 0 bridgehead atoms. The van der Waals surface area contributed by atoms with Crippen molar-refractivity contribution in [2.75, 3.05) is 5.32 Å². The predicted octanol–water partition coefficient (Wildman–Crippen LogP) is 5.05. The zero-order valence-electron chi connectivity index (χ0n) is 18.0. The normalized spacial score (nSPS) is 11.1. The van der Waals surface area contributed by atoms with Gasteiger partial charge in [0.25, 0.3) is 11.6 Å². The first-order valence-corrected chi connectivity index (χ1v) is 11.7. The van der Waals surface area contributed by atoms with Gasteiger partial charge in [-0.2, -0.15) is 0 Å². The molecule has 0 aliphatic rings. The van der Waals surface area contributed by atoms with E-state index in [-0.39, 0.29) is 21.4 Å². The summed E-state index contributed by atoms with van der Waals surface area (Å²) in [4.78, 5) is 27.4. The third kappa shape index (κ3) is 4.69. The van der Waals surface area contributed by atoms with Crippen LogP contribution in [0.5, 0.6) is 0 Å². The van der Waals surface area contributed by atoms with Crippen molar-refractivity contribution in [3.8, 4) is 11.3 Å². The smallest absolute Gasteiger partial charge is 0.269 e. The number of carbonyl (C=O) groups is 1. The number of aryl methyl sites for hydroxylation is 1. The average molecular weight is 474 g/mol. The van der Waals surface area contributed by atoms with E-state index >= 15 is 0 Å². The molecule has 9 heteroatoms. The summed E-state index contributed by atoms with van der Waals surface area (Å²) in [5.41, 5.74) is 2.90. The van der Waals surface area contributed by atoms with Crippen LogP contribution < -0.4 is 5.32 Å². The van der Waals surface area contributed by atoms with Crippen LogP contribution in [0.4, 0.5) is 11.4 Å². The van der Waals surface area contributed by atoms with Gasteiger partial charge in [0.2, 0.25) is 9.84 Å². The van der Waals surface area contributed by atoms with Gasteiger partial charge in [0.1, 0.15) is 0 Å². The van der Waals surface area contributed by atoms with Gasteiger partial charge in [0.05, 0.1) is 31.7 Å². The van der Waals surface area contributed by atoms with Gasteiger partial charge in [-0.15, -0.1) is 0 Å². The molecule has 0 saturated carbocycles. The van der Waals surface area contributed by atoms with E-state index in [1.807, 2.05) is 30.3 Å². The fourth-order valence-corrected chi connectivity index (χ4v) is 4.63. The number of non-ortho nitro benzene ring substituents is 1. The van der Waals surface area contributed by atoms with Crippen LogP contribution in [0.1, 0.15) is 16.1 Å². The van der Waals surface area contributed by atoms with Crippen molar-refractivity contribution in [2.45, 2.75) is 16.7 Å². The molecule has 170 valence electrons. The van der Waals surface area contributed by atoms with E-state index in [1.165, 1.54) is 36.4 Å². The van der Waals surface area contributed by atoms with Gasteiger partial charge in [-0.25, -0.2) is 8.42 Å². The molecule has 0 unspecified atom stereocenters. The van der Waals surface area contributed by atoms with Gasteiger partial charge < -0.3 is 5.32 Å². The van der Waals surface area contributed by atoms with Crippen LogP contribution in [0.3, 0.4) is 0 Å². The molecule has 4 rings (SSSR count). The molecule has 4 aromatic rings. The van der Waals surface area contributed by atoms with Crippen molar-refractivity contribution in [3.63, 3.8) is 0 Å². The van der Waals surface area contributed by atoms with E-state index in [2.05, 4.69) is 10.3 Å². The van der Waals surface area contributed by atoms with E-state index in [4.69, 9.17) is 0 Å². The van der Waals surface area contributed by atoms with E-state index in [0.717, 1.165) is 23.4 Å². The number of hydrogen-bond acceptors (Lipinski definition) is 6. The number of pyridine rings is 1. The fourth-order valence-electron chi connectivity index (χ4n) is 3.37. The van der Waals surface area contributed by atoms with Gasteiger partial charge >= 0.3 is 0 Å². The maximum atomic E-state index is 12.8. The van der Waals surface area contributed by atoms with Crippen molar-refractivity contribution in [1.82, 2.24) is 4.98 Å². The SMILES string of the molecule is Cc1nc(-c2ccccc2)ccc1C(=O)Nc1ccc(S(=O)(=O)c2ccc([N+](=O)[O-])cc2)cc1. The van der Waals surface area contributed by atoms with Crippen LogP contribution in [0.25, 0.3) is 11.3 Å². The summed E-state index contributed by atoms with van der Waals surface area (Å²) in [7, 11) is -3.86. The molecule has 3 aromatic carbocycles. The minimum Gasteiger partial charge on any atom is -0.322 e. The topological polar surface area (TPSA) is 119 Å². The Hall–Kier alpha value is -4.37. The van der Waals surface area contributed by atoms with Crippen LogP contribution in [0, 0.1) is 17.0 Å². The first kappa shape index (κ1) is 22.8. The molecule has 0 radical (unpaired) electrons. The van der Waals surface area contributed by atoms with E-state index in [0.29, 0.717) is 16.9 Å².